The van der Waals surface area contributed by atoms with E-state index in [1.54, 1.807) is 11.8 Å². The lowest BCUT2D eigenvalue weighted by molar-refractivity contribution is -0.144. The maximum absolute atomic E-state index is 11.8. The Morgan fingerprint density at radius 1 is 1.30 bits per heavy atom. The van der Waals surface area contributed by atoms with Crippen molar-refractivity contribution in [1.82, 2.24) is 0 Å². The fourth-order valence-electron chi connectivity index (χ4n) is 2.40. The lowest BCUT2D eigenvalue weighted by Crippen LogP contribution is -2.14. The van der Waals surface area contributed by atoms with Crippen LogP contribution in [0.2, 0.25) is 0 Å². The van der Waals surface area contributed by atoms with Crippen LogP contribution in [0.3, 0.4) is 0 Å². The van der Waals surface area contributed by atoms with E-state index in [0.717, 1.165) is 29.2 Å². The fraction of sp³-hybridized carbons (Fsp3) is 0.611. The first kappa shape index (κ1) is 18.0. The zero-order valence-corrected chi connectivity index (χ0v) is 14.8. The highest BCUT2D eigenvalue weighted by Crippen LogP contribution is 2.35. The molecule has 0 saturated carbocycles. The quantitative estimate of drug-likeness (QED) is 0.459. The molecule has 128 valence electrons. The van der Waals surface area contributed by atoms with Gasteiger partial charge in [0.05, 0.1) is 13.0 Å². The Morgan fingerprint density at radius 2 is 2.13 bits per heavy atom. The van der Waals surface area contributed by atoms with Crippen molar-refractivity contribution in [2.75, 3.05) is 19.2 Å². The number of fused-ring (bicyclic) bond motifs is 1. The van der Waals surface area contributed by atoms with E-state index in [1.165, 1.54) is 12.8 Å². The van der Waals surface area contributed by atoms with Crippen molar-refractivity contribution < 1.29 is 19.0 Å². The second-order valence-electron chi connectivity index (χ2n) is 5.71. The van der Waals surface area contributed by atoms with E-state index in [0.29, 0.717) is 24.7 Å². The van der Waals surface area contributed by atoms with Gasteiger partial charge in [0.1, 0.15) is 0 Å². The van der Waals surface area contributed by atoms with Crippen LogP contribution in [-0.4, -0.2) is 25.1 Å². The summed E-state index contributed by atoms with van der Waals surface area (Å²) in [5.41, 5.74) is 0. The predicted octanol–water partition coefficient (Wildman–Crippen LogP) is 4.66. The Balaban J connectivity index is 1.64. The van der Waals surface area contributed by atoms with E-state index in [-0.39, 0.29) is 12.8 Å². The second-order valence-corrected chi connectivity index (χ2v) is 6.88. The largest absolute Gasteiger partial charge is 0.465 e. The van der Waals surface area contributed by atoms with Gasteiger partial charge in [-0.15, -0.1) is 11.8 Å². The summed E-state index contributed by atoms with van der Waals surface area (Å²) < 4.78 is 16.0. The molecule has 1 heterocycles. The van der Waals surface area contributed by atoms with Gasteiger partial charge in [-0.3, -0.25) is 4.79 Å². The summed E-state index contributed by atoms with van der Waals surface area (Å²) in [5.74, 6) is 2.67. The predicted molar refractivity (Wildman–Crippen MR) is 92.2 cm³/mol. The molecule has 1 aliphatic rings. The van der Waals surface area contributed by atoms with Crippen LogP contribution in [0.15, 0.2) is 23.1 Å². The Kier molecular flexibility index (Phi) is 7.59. The SMILES string of the molecule is CCCCC(CC)COC(=O)CCSc1ccc2c(c1)OCO2. The number of rotatable bonds is 10. The summed E-state index contributed by atoms with van der Waals surface area (Å²) in [4.78, 5) is 12.9. The highest BCUT2D eigenvalue weighted by molar-refractivity contribution is 7.99. The molecule has 0 saturated heterocycles. The standard InChI is InChI=1S/C18H26O4S/c1-3-5-6-14(4-2)12-20-18(19)9-10-23-15-7-8-16-17(11-15)22-13-21-16/h7-8,11,14H,3-6,9-10,12-13H2,1-2H3. The number of carbonyl (C=O) groups is 1. The minimum Gasteiger partial charge on any atom is -0.465 e. The average Bonchev–Trinajstić information content (AvgIpc) is 3.03. The number of carbonyl (C=O) groups excluding carboxylic acids is 1. The molecule has 0 aliphatic carbocycles. The van der Waals surface area contributed by atoms with Crippen molar-refractivity contribution in [2.45, 2.75) is 50.8 Å². The number of ether oxygens (including phenoxy) is 3. The first-order valence-corrected chi connectivity index (χ1v) is 9.39. The zero-order chi connectivity index (χ0) is 16.5. The number of unbranched alkanes of at least 4 members (excludes halogenated alkanes) is 1. The minimum absolute atomic E-state index is 0.104. The van der Waals surface area contributed by atoms with Crippen LogP contribution in [0.1, 0.15) is 46.0 Å². The maximum atomic E-state index is 11.8. The molecule has 1 aromatic carbocycles. The van der Waals surface area contributed by atoms with Crippen LogP contribution in [0, 0.1) is 5.92 Å². The first-order valence-electron chi connectivity index (χ1n) is 8.41. The molecular formula is C18H26O4S. The number of benzene rings is 1. The van der Waals surface area contributed by atoms with E-state index in [2.05, 4.69) is 13.8 Å². The normalized spacial score (nSPS) is 13.8. The molecule has 1 aliphatic heterocycles. The molecule has 0 bridgehead atoms. The summed E-state index contributed by atoms with van der Waals surface area (Å²) >= 11 is 1.63. The molecular weight excluding hydrogens is 312 g/mol. The lowest BCUT2D eigenvalue weighted by Gasteiger charge is -2.14. The van der Waals surface area contributed by atoms with Crippen molar-refractivity contribution in [2.24, 2.45) is 5.92 Å². The molecule has 1 unspecified atom stereocenters. The topological polar surface area (TPSA) is 44.8 Å². The van der Waals surface area contributed by atoms with Gasteiger partial charge in [0.2, 0.25) is 6.79 Å². The zero-order valence-electron chi connectivity index (χ0n) is 14.0. The third-order valence-electron chi connectivity index (χ3n) is 3.94. The molecule has 23 heavy (non-hydrogen) atoms. The van der Waals surface area contributed by atoms with Crippen molar-refractivity contribution in [3.8, 4) is 11.5 Å². The van der Waals surface area contributed by atoms with Gasteiger partial charge >= 0.3 is 5.97 Å². The van der Waals surface area contributed by atoms with Gasteiger partial charge in [0.25, 0.3) is 0 Å². The van der Waals surface area contributed by atoms with Crippen molar-refractivity contribution in [3.63, 3.8) is 0 Å². The summed E-state index contributed by atoms with van der Waals surface area (Å²) in [6.45, 7) is 5.19. The molecule has 4 nitrogen and oxygen atoms in total. The highest BCUT2D eigenvalue weighted by atomic mass is 32.2. The Labute approximate surface area is 142 Å². The summed E-state index contributed by atoms with van der Waals surface area (Å²) in [6.07, 6.45) is 5.04. The van der Waals surface area contributed by atoms with Crippen molar-refractivity contribution in [3.05, 3.63) is 18.2 Å². The number of hydrogen-bond donors (Lipinski definition) is 0. The molecule has 1 aromatic rings. The average molecular weight is 338 g/mol. The first-order chi connectivity index (χ1) is 11.2. The molecule has 0 N–H and O–H groups in total. The third-order valence-corrected chi connectivity index (χ3v) is 4.94. The van der Waals surface area contributed by atoms with Gasteiger partial charge in [-0.05, 0) is 30.5 Å². The second kappa shape index (κ2) is 9.71. The lowest BCUT2D eigenvalue weighted by atomic mass is 10.0. The third kappa shape index (κ3) is 5.98. The Hall–Kier alpha value is -1.36. The molecule has 0 amide bonds. The molecule has 0 spiro atoms. The summed E-state index contributed by atoms with van der Waals surface area (Å²) in [5, 5.41) is 0. The minimum atomic E-state index is -0.104. The van der Waals surface area contributed by atoms with Gasteiger partial charge < -0.3 is 14.2 Å². The highest BCUT2D eigenvalue weighted by Gasteiger charge is 2.14. The monoisotopic (exact) mass is 338 g/mol. The molecule has 1 atom stereocenters. The van der Waals surface area contributed by atoms with Gasteiger partial charge in [-0.1, -0.05) is 33.1 Å². The van der Waals surface area contributed by atoms with E-state index in [9.17, 15) is 4.79 Å². The van der Waals surface area contributed by atoms with Crippen LogP contribution in [0.5, 0.6) is 11.5 Å². The Morgan fingerprint density at radius 3 is 2.91 bits per heavy atom. The molecule has 2 rings (SSSR count). The van der Waals surface area contributed by atoms with Crippen LogP contribution in [0.4, 0.5) is 0 Å². The van der Waals surface area contributed by atoms with Crippen molar-refractivity contribution in [1.29, 1.82) is 0 Å². The molecule has 5 heteroatoms. The van der Waals surface area contributed by atoms with E-state index in [1.807, 2.05) is 18.2 Å². The van der Waals surface area contributed by atoms with Gasteiger partial charge in [0, 0.05) is 10.6 Å². The van der Waals surface area contributed by atoms with Crippen molar-refractivity contribution >= 4 is 17.7 Å². The van der Waals surface area contributed by atoms with Crippen LogP contribution in [0.25, 0.3) is 0 Å². The summed E-state index contributed by atoms with van der Waals surface area (Å²) in [6, 6.07) is 5.85. The Bertz CT molecular complexity index is 504. The molecule has 0 radical (unpaired) electrons. The number of thioether (sulfide) groups is 1. The molecule has 0 aromatic heterocycles. The van der Waals surface area contributed by atoms with Crippen LogP contribution >= 0.6 is 11.8 Å². The van der Waals surface area contributed by atoms with E-state index in [4.69, 9.17) is 14.2 Å². The van der Waals surface area contributed by atoms with Gasteiger partial charge in [-0.2, -0.15) is 0 Å². The van der Waals surface area contributed by atoms with E-state index < -0.39 is 0 Å². The molecule has 0 fully saturated rings. The smallest absolute Gasteiger partial charge is 0.306 e. The van der Waals surface area contributed by atoms with Crippen LogP contribution < -0.4 is 9.47 Å². The van der Waals surface area contributed by atoms with E-state index >= 15 is 0 Å². The van der Waals surface area contributed by atoms with Gasteiger partial charge in [0.15, 0.2) is 11.5 Å². The summed E-state index contributed by atoms with van der Waals surface area (Å²) in [7, 11) is 0. The maximum Gasteiger partial charge on any atom is 0.306 e. The van der Waals surface area contributed by atoms with Crippen LogP contribution in [-0.2, 0) is 9.53 Å². The number of esters is 1. The fourth-order valence-corrected chi connectivity index (χ4v) is 3.26. The van der Waals surface area contributed by atoms with Gasteiger partial charge in [-0.25, -0.2) is 0 Å². The number of hydrogen-bond acceptors (Lipinski definition) is 5.